The second kappa shape index (κ2) is 8.35. The van der Waals surface area contributed by atoms with Gasteiger partial charge in [-0.2, -0.15) is 0 Å². The van der Waals surface area contributed by atoms with Gasteiger partial charge in [0.15, 0.2) is 0 Å². The van der Waals surface area contributed by atoms with Gasteiger partial charge in [-0.05, 0) is 91.3 Å². The molecule has 5 rings (SSSR count). The van der Waals surface area contributed by atoms with Crippen LogP contribution in [0.25, 0.3) is 10.9 Å². The quantitative estimate of drug-likeness (QED) is 0.556. The third kappa shape index (κ3) is 3.86. The number of aromatic nitrogens is 2. The van der Waals surface area contributed by atoms with Gasteiger partial charge in [0, 0.05) is 29.3 Å². The van der Waals surface area contributed by atoms with Crippen LogP contribution in [0.4, 0.5) is 10.2 Å². The van der Waals surface area contributed by atoms with Crippen molar-refractivity contribution in [2.45, 2.75) is 38.5 Å². The second-order valence-corrected chi connectivity index (χ2v) is 9.34. The Kier molecular flexibility index (Phi) is 5.38. The summed E-state index contributed by atoms with van der Waals surface area (Å²) >= 11 is 0. The molecule has 2 saturated carbocycles. The fourth-order valence-electron chi connectivity index (χ4n) is 5.83. The van der Waals surface area contributed by atoms with Crippen LogP contribution in [-0.2, 0) is 4.79 Å². The van der Waals surface area contributed by atoms with Gasteiger partial charge in [-0.25, -0.2) is 9.37 Å². The highest BCUT2D eigenvalue weighted by molar-refractivity contribution is 5.91. The molecule has 0 spiro atoms. The Bertz CT molecular complexity index is 1190. The van der Waals surface area contributed by atoms with Crippen molar-refractivity contribution in [3.05, 3.63) is 65.7 Å². The second-order valence-electron chi connectivity index (χ2n) is 9.34. The summed E-state index contributed by atoms with van der Waals surface area (Å²) in [5.74, 6) is 4.84. The lowest BCUT2D eigenvalue weighted by Crippen LogP contribution is -2.26. The Balaban J connectivity index is 1.23. The molecule has 1 amide bonds. The molecule has 2 fully saturated rings. The van der Waals surface area contributed by atoms with Crippen LogP contribution >= 0.6 is 0 Å². The average Bonchev–Trinajstić information content (AvgIpc) is 3.38. The van der Waals surface area contributed by atoms with Crippen LogP contribution in [0.5, 0.6) is 0 Å². The van der Waals surface area contributed by atoms with E-state index in [1.54, 1.807) is 30.5 Å². The summed E-state index contributed by atoms with van der Waals surface area (Å²) in [6.07, 6.45) is 13.1. The molecule has 3 unspecified atom stereocenters. The number of nitrogens with zero attached hydrogens (tertiary/aromatic N) is 2. The number of hydrogen-bond acceptors (Lipinski definition) is 3. The van der Waals surface area contributed by atoms with Gasteiger partial charge in [-0.3, -0.25) is 9.78 Å². The van der Waals surface area contributed by atoms with E-state index in [-0.39, 0.29) is 17.6 Å². The molecule has 1 aromatic carbocycles. The first-order chi connectivity index (χ1) is 15.5. The Labute approximate surface area is 187 Å². The van der Waals surface area contributed by atoms with Crippen molar-refractivity contribution in [1.82, 2.24) is 9.97 Å². The maximum absolute atomic E-state index is 13.9. The Morgan fingerprint density at radius 2 is 1.91 bits per heavy atom. The standard InChI is InChI=1S/C27H26FN3O/c1-3-17-4-7-26(30-15-17)31-27(32)16(2)18-10-19-12-21(13-20(19)11-18)23-8-9-29-25-6-5-22(28)14-24(23)25/h1,4-9,14-16,18-21H,10-13H2,2H3,(H,30,31,32). The molecule has 2 heterocycles. The number of fused-ring (bicyclic) bond motifs is 2. The highest BCUT2D eigenvalue weighted by atomic mass is 19.1. The van der Waals surface area contributed by atoms with Crippen molar-refractivity contribution in [2.75, 3.05) is 5.32 Å². The van der Waals surface area contributed by atoms with Crippen LogP contribution in [0.1, 0.15) is 49.7 Å². The minimum absolute atomic E-state index is 0.0167. The van der Waals surface area contributed by atoms with E-state index < -0.39 is 0 Å². The van der Waals surface area contributed by atoms with E-state index in [9.17, 15) is 9.18 Å². The molecular weight excluding hydrogens is 401 g/mol. The first-order valence-corrected chi connectivity index (χ1v) is 11.3. The van der Waals surface area contributed by atoms with Gasteiger partial charge in [0.1, 0.15) is 11.6 Å². The minimum Gasteiger partial charge on any atom is -0.310 e. The lowest BCUT2D eigenvalue weighted by Gasteiger charge is -2.21. The van der Waals surface area contributed by atoms with Crippen LogP contribution < -0.4 is 5.32 Å². The van der Waals surface area contributed by atoms with Gasteiger partial charge in [-0.1, -0.05) is 12.8 Å². The maximum atomic E-state index is 13.9. The summed E-state index contributed by atoms with van der Waals surface area (Å²) in [7, 11) is 0. The summed E-state index contributed by atoms with van der Waals surface area (Å²) in [6.45, 7) is 2.02. The van der Waals surface area contributed by atoms with Crippen molar-refractivity contribution >= 4 is 22.6 Å². The van der Waals surface area contributed by atoms with Gasteiger partial charge in [0.2, 0.25) is 5.91 Å². The predicted molar refractivity (Wildman–Crippen MR) is 123 cm³/mol. The summed E-state index contributed by atoms with van der Waals surface area (Å²) in [6, 6.07) is 10.4. The number of hydrogen-bond donors (Lipinski definition) is 1. The summed E-state index contributed by atoms with van der Waals surface area (Å²) < 4.78 is 13.9. The van der Waals surface area contributed by atoms with E-state index in [4.69, 9.17) is 6.42 Å². The monoisotopic (exact) mass is 427 g/mol. The number of pyridine rings is 2. The van der Waals surface area contributed by atoms with Crippen molar-refractivity contribution in [3.63, 3.8) is 0 Å². The highest BCUT2D eigenvalue weighted by Gasteiger charge is 2.44. The lowest BCUT2D eigenvalue weighted by atomic mass is 9.86. The SMILES string of the molecule is C#Cc1ccc(NC(=O)C(C)C2CC3CC(c4ccnc5ccc(F)cc45)CC3C2)nc1. The van der Waals surface area contributed by atoms with Gasteiger partial charge < -0.3 is 5.32 Å². The smallest absolute Gasteiger partial charge is 0.228 e. The summed E-state index contributed by atoms with van der Waals surface area (Å²) in [4.78, 5) is 21.4. The molecule has 0 radical (unpaired) electrons. The third-order valence-corrected chi connectivity index (χ3v) is 7.53. The minimum atomic E-state index is -0.215. The first-order valence-electron chi connectivity index (χ1n) is 11.3. The number of benzene rings is 1. The maximum Gasteiger partial charge on any atom is 0.228 e. The van der Waals surface area contributed by atoms with E-state index >= 15 is 0 Å². The molecule has 2 aliphatic rings. The first kappa shape index (κ1) is 20.6. The number of carbonyl (C=O) groups excluding carboxylic acids is 1. The van der Waals surface area contributed by atoms with Crippen LogP contribution in [0.3, 0.4) is 0 Å². The average molecular weight is 428 g/mol. The molecule has 3 atom stereocenters. The van der Waals surface area contributed by atoms with E-state index in [2.05, 4.69) is 27.3 Å². The van der Waals surface area contributed by atoms with Crippen molar-refractivity contribution in [3.8, 4) is 12.3 Å². The number of halogens is 1. The molecule has 3 aromatic rings. The molecule has 4 nitrogen and oxygen atoms in total. The largest absolute Gasteiger partial charge is 0.310 e. The molecule has 0 bridgehead atoms. The van der Waals surface area contributed by atoms with Crippen molar-refractivity contribution in [1.29, 1.82) is 0 Å². The van der Waals surface area contributed by atoms with Crippen LogP contribution in [0, 0.1) is 41.8 Å². The Morgan fingerprint density at radius 1 is 1.12 bits per heavy atom. The van der Waals surface area contributed by atoms with Crippen LogP contribution in [-0.4, -0.2) is 15.9 Å². The Morgan fingerprint density at radius 3 is 2.59 bits per heavy atom. The highest BCUT2D eigenvalue weighted by Crippen LogP contribution is 2.54. The third-order valence-electron chi connectivity index (χ3n) is 7.53. The molecule has 2 aliphatic carbocycles. The number of carbonyl (C=O) groups is 1. The van der Waals surface area contributed by atoms with Crippen molar-refractivity contribution < 1.29 is 9.18 Å². The van der Waals surface area contributed by atoms with Gasteiger partial charge in [0.25, 0.3) is 0 Å². The zero-order valence-electron chi connectivity index (χ0n) is 18.1. The summed E-state index contributed by atoms with van der Waals surface area (Å²) in [5, 5.41) is 3.87. The molecule has 162 valence electrons. The van der Waals surface area contributed by atoms with Gasteiger partial charge in [-0.15, -0.1) is 6.42 Å². The fourth-order valence-corrected chi connectivity index (χ4v) is 5.83. The van der Waals surface area contributed by atoms with Crippen LogP contribution in [0.15, 0.2) is 48.8 Å². The topological polar surface area (TPSA) is 54.9 Å². The van der Waals surface area contributed by atoms with E-state index in [1.807, 2.05) is 13.1 Å². The molecule has 2 aromatic heterocycles. The fraction of sp³-hybridized carbons (Fsp3) is 0.370. The van der Waals surface area contributed by atoms with E-state index in [1.165, 1.54) is 11.6 Å². The zero-order valence-corrected chi connectivity index (χ0v) is 18.1. The normalized spacial score (nSPS) is 25.3. The number of rotatable bonds is 4. The van der Waals surface area contributed by atoms with E-state index in [0.29, 0.717) is 35.1 Å². The number of anilines is 1. The number of nitrogens with one attached hydrogen (secondary N) is 1. The molecule has 0 saturated heterocycles. The molecule has 5 heteroatoms. The molecule has 32 heavy (non-hydrogen) atoms. The predicted octanol–water partition coefficient (Wildman–Crippen LogP) is 5.54. The van der Waals surface area contributed by atoms with E-state index in [0.717, 1.165) is 36.6 Å². The van der Waals surface area contributed by atoms with Crippen molar-refractivity contribution in [2.24, 2.45) is 23.7 Å². The Hall–Kier alpha value is -3.26. The van der Waals surface area contributed by atoms with Crippen LogP contribution in [0.2, 0.25) is 0 Å². The molecular formula is C27H26FN3O. The number of amides is 1. The van der Waals surface area contributed by atoms with Gasteiger partial charge >= 0.3 is 0 Å². The number of terminal acetylenes is 1. The summed E-state index contributed by atoms with van der Waals surface area (Å²) in [5.41, 5.74) is 2.76. The van der Waals surface area contributed by atoms with Gasteiger partial charge in [0.05, 0.1) is 5.52 Å². The lowest BCUT2D eigenvalue weighted by molar-refractivity contribution is -0.120. The zero-order chi connectivity index (χ0) is 22.2. The molecule has 1 N–H and O–H groups in total. The molecule has 0 aliphatic heterocycles.